The summed E-state index contributed by atoms with van der Waals surface area (Å²) >= 11 is 2.07. The fourth-order valence-corrected chi connectivity index (χ4v) is 4.52. The molecule has 4 nitrogen and oxygen atoms in total. The van der Waals surface area contributed by atoms with E-state index >= 15 is 0 Å². The van der Waals surface area contributed by atoms with Crippen LogP contribution in [0.4, 0.5) is 0 Å². The van der Waals surface area contributed by atoms with Crippen LogP contribution < -0.4 is 0 Å². The Labute approximate surface area is 129 Å². The second kappa shape index (κ2) is 5.97. The Hall–Kier alpha value is -1.07. The number of aromatic nitrogens is 3. The largest absolute Gasteiger partial charge is 0.381 e. The summed E-state index contributed by atoms with van der Waals surface area (Å²) in [6, 6.07) is 4.07. The highest BCUT2D eigenvalue weighted by molar-refractivity contribution is 7.99. The van der Waals surface area contributed by atoms with Crippen LogP contribution in [0, 0.1) is 5.92 Å². The molecule has 2 saturated heterocycles. The van der Waals surface area contributed by atoms with Crippen molar-refractivity contribution in [1.82, 2.24) is 14.5 Å². The molecule has 2 fully saturated rings. The average molecular weight is 303 g/mol. The number of hydrogen-bond acceptors (Lipinski definition) is 4. The van der Waals surface area contributed by atoms with Crippen molar-refractivity contribution in [2.24, 2.45) is 5.92 Å². The van der Waals surface area contributed by atoms with Crippen molar-refractivity contribution in [2.75, 3.05) is 24.7 Å². The molecule has 5 heteroatoms. The van der Waals surface area contributed by atoms with E-state index in [1.807, 2.05) is 12.3 Å². The van der Waals surface area contributed by atoms with E-state index < -0.39 is 0 Å². The first-order valence-corrected chi connectivity index (χ1v) is 9.04. The van der Waals surface area contributed by atoms with E-state index in [2.05, 4.69) is 27.4 Å². The molecule has 112 valence electrons. The first kappa shape index (κ1) is 13.6. The number of pyridine rings is 1. The minimum atomic E-state index is 0.600. The van der Waals surface area contributed by atoms with E-state index in [1.54, 1.807) is 0 Å². The van der Waals surface area contributed by atoms with Crippen LogP contribution in [0.5, 0.6) is 0 Å². The number of thioether (sulfide) groups is 1. The van der Waals surface area contributed by atoms with E-state index in [-0.39, 0.29) is 0 Å². The van der Waals surface area contributed by atoms with Gasteiger partial charge in [-0.05, 0) is 42.9 Å². The molecule has 0 amide bonds. The molecule has 0 saturated carbocycles. The molecule has 0 bridgehead atoms. The van der Waals surface area contributed by atoms with Gasteiger partial charge in [0.1, 0.15) is 11.3 Å². The zero-order chi connectivity index (χ0) is 14.1. The van der Waals surface area contributed by atoms with Crippen molar-refractivity contribution < 1.29 is 4.74 Å². The van der Waals surface area contributed by atoms with Crippen LogP contribution in [0.15, 0.2) is 18.3 Å². The predicted molar refractivity (Wildman–Crippen MR) is 85.8 cm³/mol. The van der Waals surface area contributed by atoms with E-state index in [1.165, 1.54) is 30.2 Å². The molecule has 2 aliphatic rings. The molecule has 0 aromatic carbocycles. The standard InChI is InChI=1S/C16H21N3OS/c1-2-14-16(17-6-1)19(10-12-3-7-20-11-12)15(18-14)13-4-8-21-9-5-13/h1-2,6,12-13H,3-5,7-11H2. The summed E-state index contributed by atoms with van der Waals surface area (Å²) in [4.78, 5) is 9.52. The van der Waals surface area contributed by atoms with Gasteiger partial charge in [0, 0.05) is 31.2 Å². The van der Waals surface area contributed by atoms with Crippen molar-refractivity contribution in [2.45, 2.75) is 31.7 Å². The lowest BCUT2D eigenvalue weighted by molar-refractivity contribution is 0.182. The van der Waals surface area contributed by atoms with Gasteiger partial charge in [0.15, 0.2) is 5.65 Å². The molecule has 1 unspecified atom stereocenters. The van der Waals surface area contributed by atoms with Gasteiger partial charge < -0.3 is 9.30 Å². The maximum Gasteiger partial charge on any atom is 0.160 e. The third kappa shape index (κ3) is 2.69. The molecule has 0 spiro atoms. The molecule has 0 N–H and O–H groups in total. The number of nitrogens with zero attached hydrogens (tertiary/aromatic N) is 3. The van der Waals surface area contributed by atoms with Crippen LogP contribution in [-0.2, 0) is 11.3 Å². The van der Waals surface area contributed by atoms with Crippen LogP contribution in [0.2, 0.25) is 0 Å². The van der Waals surface area contributed by atoms with Crippen LogP contribution in [0.25, 0.3) is 11.2 Å². The Morgan fingerprint density at radius 3 is 3.00 bits per heavy atom. The molecule has 21 heavy (non-hydrogen) atoms. The van der Waals surface area contributed by atoms with E-state index in [0.717, 1.165) is 37.3 Å². The number of imidazole rings is 1. The van der Waals surface area contributed by atoms with Gasteiger partial charge in [-0.3, -0.25) is 0 Å². The summed E-state index contributed by atoms with van der Waals surface area (Å²) in [5.74, 6) is 4.99. The Kier molecular flexibility index (Phi) is 3.86. The minimum Gasteiger partial charge on any atom is -0.381 e. The van der Waals surface area contributed by atoms with Gasteiger partial charge in [-0.2, -0.15) is 11.8 Å². The number of hydrogen-bond donors (Lipinski definition) is 0. The molecule has 1 atom stereocenters. The van der Waals surface area contributed by atoms with Crippen molar-refractivity contribution in [3.63, 3.8) is 0 Å². The Balaban J connectivity index is 1.72. The number of ether oxygens (including phenoxy) is 1. The lowest BCUT2D eigenvalue weighted by Gasteiger charge is -2.22. The van der Waals surface area contributed by atoms with Gasteiger partial charge in [0.05, 0.1) is 6.61 Å². The summed E-state index contributed by atoms with van der Waals surface area (Å²) in [7, 11) is 0. The molecular weight excluding hydrogens is 282 g/mol. The highest BCUT2D eigenvalue weighted by atomic mass is 32.2. The monoisotopic (exact) mass is 303 g/mol. The SMILES string of the molecule is c1cnc2c(c1)nc(C1CCSCC1)n2CC1CCOC1. The maximum atomic E-state index is 5.55. The minimum absolute atomic E-state index is 0.600. The van der Waals surface area contributed by atoms with Gasteiger partial charge in [-0.25, -0.2) is 9.97 Å². The predicted octanol–water partition coefficient (Wildman–Crippen LogP) is 3.08. The maximum absolute atomic E-state index is 5.55. The van der Waals surface area contributed by atoms with Gasteiger partial charge in [0.25, 0.3) is 0 Å². The van der Waals surface area contributed by atoms with E-state index in [0.29, 0.717) is 11.8 Å². The molecular formula is C16H21N3OS. The quantitative estimate of drug-likeness (QED) is 0.873. The summed E-state index contributed by atoms with van der Waals surface area (Å²) < 4.78 is 7.93. The number of fused-ring (bicyclic) bond motifs is 1. The summed E-state index contributed by atoms with van der Waals surface area (Å²) in [5.41, 5.74) is 2.10. The van der Waals surface area contributed by atoms with Gasteiger partial charge >= 0.3 is 0 Å². The van der Waals surface area contributed by atoms with Crippen molar-refractivity contribution in [3.05, 3.63) is 24.2 Å². The van der Waals surface area contributed by atoms with Crippen molar-refractivity contribution >= 4 is 22.9 Å². The van der Waals surface area contributed by atoms with Gasteiger partial charge in [-0.1, -0.05) is 0 Å². The summed E-state index contributed by atoms with van der Waals surface area (Å²) in [6.45, 7) is 2.79. The summed E-state index contributed by atoms with van der Waals surface area (Å²) in [5, 5.41) is 0. The molecule has 4 heterocycles. The first-order chi connectivity index (χ1) is 10.4. The third-order valence-electron chi connectivity index (χ3n) is 4.58. The smallest absolute Gasteiger partial charge is 0.160 e. The molecule has 2 aromatic heterocycles. The topological polar surface area (TPSA) is 39.9 Å². The first-order valence-electron chi connectivity index (χ1n) is 7.88. The van der Waals surface area contributed by atoms with Crippen LogP contribution in [0.1, 0.15) is 31.0 Å². The zero-order valence-electron chi connectivity index (χ0n) is 12.2. The Morgan fingerprint density at radius 2 is 2.19 bits per heavy atom. The van der Waals surface area contributed by atoms with Crippen LogP contribution in [0.3, 0.4) is 0 Å². The van der Waals surface area contributed by atoms with Crippen LogP contribution in [-0.4, -0.2) is 39.3 Å². The average Bonchev–Trinajstić information content (AvgIpc) is 3.17. The molecule has 2 aliphatic heterocycles. The highest BCUT2D eigenvalue weighted by Crippen LogP contribution is 2.33. The van der Waals surface area contributed by atoms with E-state index in [4.69, 9.17) is 9.72 Å². The summed E-state index contributed by atoms with van der Waals surface area (Å²) in [6.07, 6.45) is 5.53. The van der Waals surface area contributed by atoms with Crippen molar-refractivity contribution in [3.8, 4) is 0 Å². The highest BCUT2D eigenvalue weighted by Gasteiger charge is 2.25. The van der Waals surface area contributed by atoms with Gasteiger partial charge in [0.2, 0.25) is 0 Å². The zero-order valence-corrected chi connectivity index (χ0v) is 13.0. The van der Waals surface area contributed by atoms with E-state index in [9.17, 15) is 0 Å². The lowest BCUT2D eigenvalue weighted by atomic mass is 10.0. The molecule has 0 radical (unpaired) electrons. The number of rotatable bonds is 3. The second-order valence-corrected chi connectivity index (χ2v) is 7.27. The van der Waals surface area contributed by atoms with Crippen molar-refractivity contribution in [1.29, 1.82) is 0 Å². The Bertz CT molecular complexity index is 615. The fraction of sp³-hybridized carbons (Fsp3) is 0.625. The fourth-order valence-electron chi connectivity index (χ4n) is 3.41. The third-order valence-corrected chi connectivity index (χ3v) is 5.63. The second-order valence-electron chi connectivity index (χ2n) is 6.04. The normalized spacial score (nSPS) is 23.9. The molecule has 2 aromatic rings. The Morgan fingerprint density at radius 1 is 1.29 bits per heavy atom. The van der Waals surface area contributed by atoms with Gasteiger partial charge in [-0.15, -0.1) is 0 Å². The van der Waals surface area contributed by atoms with Crippen LogP contribution >= 0.6 is 11.8 Å². The molecule has 0 aliphatic carbocycles. The molecule has 4 rings (SSSR count). The lowest BCUT2D eigenvalue weighted by Crippen LogP contribution is -2.18.